The topological polar surface area (TPSA) is 16.4 Å². The maximum Gasteiger partial charge on any atom is 0.143 e. The zero-order valence-corrected chi connectivity index (χ0v) is 36.0. The van der Waals surface area contributed by atoms with Crippen LogP contribution in [0.5, 0.6) is 0 Å². The second kappa shape index (κ2) is 15.5. The van der Waals surface area contributed by atoms with E-state index in [4.69, 9.17) is 4.42 Å². The van der Waals surface area contributed by atoms with Gasteiger partial charge in [0.05, 0.1) is 5.69 Å². The molecule has 0 aliphatic rings. The number of rotatable bonds is 7. The van der Waals surface area contributed by atoms with E-state index >= 15 is 0 Å². The summed E-state index contributed by atoms with van der Waals surface area (Å²) in [5.41, 5.74) is 14.5. The maximum atomic E-state index is 6.48. The number of benzene rings is 12. The molecule has 0 atom stereocenters. The van der Waals surface area contributed by atoms with Crippen molar-refractivity contribution in [1.29, 1.82) is 0 Å². The Balaban J connectivity index is 0.940. The first kappa shape index (κ1) is 37.8. The van der Waals surface area contributed by atoms with Crippen molar-refractivity contribution in [2.75, 3.05) is 4.90 Å². The number of hydrogen-bond acceptors (Lipinski definition) is 2. The molecule has 12 aromatic carbocycles. The molecule has 1 aromatic heterocycles. The fourth-order valence-electron chi connectivity index (χ4n) is 10.3. The highest BCUT2D eigenvalue weighted by Gasteiger charge is 2.20. The van der Waals surface area contributed by atoms with Crippen molar-refractivity contribution in [3.63, 3.8) is 0 Å². The summed E-state index contributed by atoms with van der Waals surface area (Å²) < 4.78 is 6.48. The van der Waals surface area contributed by atoms with E-state index in [1.807, 2.05) is 12.1 Å². The molecule has 0 radical (unpaired) electrons. The van der Waals surface area contributed by atoms with Crippen LogP contribution in [0.15, 0.2) is 253 Å². The summed E-state index contributed by atoms with van der Waals surface area (Å²) in [6.07, 6.45) is 0. The highest BCUT2D eigenvalue weighted by atomic mass is 16.3. The van der Waals surface area contributed by atoms with Gasteiger partial charge >= 0.3 is 0 Å². The Bertz CT molecular complexity index is 3970. The molecule has 308 valence electrons. The average molecular weight is 840 g/mol. The van der Waals surface area contributed by atoms with Crippen LogP contribution in [0.2, 0.25) is 0 Å². The summed E-state index contributed by atoms with van der Waals surface area (Å²) in [6.45, 7) is 0. The van der Waals surface area contributed by atoms with E-state index < -0.39 is 0 Å². The van der Waals surface area contributed by atoms with Crippen LogP contribution >= 0.6 is 0 Å². The van der Waals surface area contributed by atoms with Gasteiger partial charge in [-0.15, -0.1) is 0 Å². The third kappa shape index (κ3) is 6.26. The molecule has 2 heteroatoms. The van der Waals surface area contributed by atoms with Crippen LogP contribution < -0.4 is 4.90 Å². The van der Waals surface area contributed by atoms with Gasteiger partial charge in [0, 0.05) is 33.1 Å². The molecule has 0 spiro atoms. The van der Waals surface area contributed by atoms with E-state index in [1.165, 1.54) is 70.9 Å². The van der Waals surface area contributed by atoms with Gasteiger partial charge in [0.15, 0.2) is 0 Å². The minimum atomic E-state index is 0.903. The first-order chi connectivity index (χ1) is 32.7. The Labute approximate surface area is 382 Å². The van der Waals surface area contributed by atoms with Crippen molar-refractivity contribution in [1.82, 2.24) is 0 Å². The van der Waals surface area contributed by atoms with Crippen molar-refractivity contribution >= 4 is 82.1 Å². The molecular weight excluding hydrogens is 799 g/mol. The van der Waals surface area contributed by atoms with E-state index in [0.29, 0.717) is 0 Å². The Hall–Kier alpha value is -8.72. The van der Waals surface area contributed by atoms with Gasteiger partial charge in [-0.1, -0.05) is 212 Å². The molecule has 0 unspecified atom stereocenters. The van der Waals surface area contributed by atoms with Crippen LogP contribution in [0, 0.1) is 0 Å². The monoisotopic (exact) mass is 839 g/mol. The van der Waals surface area contributed by atoms with Crippen molar-refractivity contribution in [3.05, 3.63) is 249 Å². The Kier molecular flexibility index (Phi) is 8.89. The summed E-state index contributed by atoms with van der Waals surface area (Å²) in [5.74, 6) is 0. The third-order valence-corrected chi connectivity index (χ3v) is 13.5. The third-order valence-electron chi connectivity index (χ3n) is 13.5. The molecule has 0 N–H and O–H groups in total. The number of para-hydroxylation sites is 2. The normalized spacial score (nSPS) is 11.6. The van der Waals surface area contributed by atoms with Gasteiger partial charge < -0.3 is 9.32 Å². The maximum absolute atomic E-state index is 6.48. The zero-order valence-electron chi connectivity index (χ0n) is 36.0. The van der Waals surface area contributed by atoms with Crippen LogP contribution in [0.1, 0.15) is 0 Å². The van der Waals surface area contributed by atoms with E-state index in [0.717, 1.165) is 55.7 Å². The molecule has 13 aromatic rings. The summed E-state index contributed by atoms with van der Waals surface area (Å²) >= 11 is 0. The van der Waals surface area contributed by atoms with Crippen LogP contribution in [0.3, 0.4) is 0 Å². The number of hydrogen-bond donors (Lipinski definition) is 0. The molecule has 0 amide bonds. The largest absolute Gasteiger partial charge is 0.455 e. The van der Waals surface area contributed by atoms with Crippen molar-refractivity contribution in [2.24, 2.45) is 0 Å². The van der Waals surface area contributed by atoms with Crippen molar-refractivity contribution in [2.45, 2.75) is 0 Å². The number of nitrogens with zero attached hydrogens (tertiary/aromatic N) is 1. The van der Waals surface area contributed by atoms with Crippen LogP contribution in [-0.2, 0) is 0 Å². The average Bonchev–Trinajstić information content (AvgIpc) is 3.78. The second-order valence-electron chi connectivity index (χ2n) is 17.2. The van der Waals surface area contributed by atoms with Crippen LogP contribution in [0.4, 0.5) is 17.1 Å². The minimum absolute atomic E-state index is 0.903. The Morgan fingerprint density at radius 2 is 0.758 bits per heavy atom. The number of furan rings is 1. The van der Waals surface area contributed by atoms with E-state index in [9.17, 15) is 0 Å². The SMILES string of the molecule is c1ccc2c(-c3ccc(-c4c(-c5ccc(N(c6ccc(-c7cccc8c7oc7ccccc78)cc6)c6cc7ccccc7c7ccccc67)cc5)ccc5ccccc45)cc3)cccc2c1. The summed E-state index contributed by atoms with van der Waals surface area (Å²) in [5, 5.41) is 12.1. The number of anilines is 3. The van der Waals surface area contributed by atoms with Gasteiger partial charge in [-0.25, -0.2) is 0 Å². The quantitative estimate of drug-likeness (QED) is 0.149. The molecule has 0 saturated heterocycles. The van der Waals surface area contributed by atoms with Crippen molar-refractivity contribution in [3.8, 4) is 44.5 Å². The van der Waals surface area contributed by atoms with Gasteiger partial charge in [0.25, 0.3) is 0 Å². The zero-order chi connectivity index (χ0) is 43.6. The summed E-state index contributed by atoms with van der Waals surface area (Å²) in [7, 11) is 0. The fraction of sp³-hybridized carbons (Fsp3) is 0. The lowest BCUT2D eigenvalue weighted by molar-refractivity contribution is 0.670. The lowest BCUT2D eigenvalue weighted by atomic mass is 9.88. The predicted octanol–water partition coefficient (Wildman–Crippen LogP) is 18.3. The molecule has 1 heterocycles. The van der Waals surface area contributed by atoms with E-state index in [1.54, 1.807) is 0 Å². The van der Waals surface area contributed by atoms with Gasteiger partial charge in [-0.05, 0) is 113 Å². The summed E-state index contributed by atoms with van der Waals surface area (Å²) in [4.78, 5) is 2.41. The van der Waals surface area contributed by atoms with Crippen molar-refractivity contribution < 1.29 is 4.42 Å². The summed E-state index contributed by atoms with van der Waals surface area (Å²) in [6, 6.07) is 90.3. The lowest BCUT2D eigenvalue weighted by Crippen LogP contribution is -2.10. The molecule has 0 bridgehead atoms. The predicted molar refractivity (Wildman–Crippen MR) is 280 cm³/mol. The molecule has 66 heavy (non-hydrogen) atoms. The molecular formula is C64H41NO. The highest BCUT2D eigenvalue weighted by Crippen LogP contribution is 2.45. The minimum Gasteiger partial charge on any atom is -0.455 e. The molecule has 0 fully saturated rings. The smallest absolute Gasteiger partial charge is 0.143 e. The highest BCUT2D eigenvalue weighted by molar-refractivity contribution is 6.15. The Morgan fingerprint density at radius 1 is 0.273 bits per heavy atom. The standard InChI is InChI=1S/C64H41NO/c1-4-17-51-42(13-1)16-11-23-52(51)44-27-29-47(30-28-44)63-54-19-6-2-14-43(54)35-40-55(63)45-31-36-49(37-32-45)65(61-41-48-15-3-5-18-53(48)57-20-7-8-21-58(57)61)50-38-33-46(34-39-50)56-24-12-25-60-59-22-9-10-26-62(59)66-64(56)60/h1-41H. The number of fused-ring (bicyclic) bond motifs is 8. The Morgan fingerprint density at radius 3 is 1.50 bits per heavy atom. The van der Waals surface area contributed by atoms with Gasteiger partial charge in [-0.3, -0.25) is 0 Å². The van der Waals surface area contributed by atoms with Gasteiger partial charge in [0.2, 0.25) is 0 Å². The second-order valence-corrected chi connectivity index (χ2v) is 17.2. The van der Waals surface area contributed by atoms with E-state index in [-0.39, 0.29) is 0 Å². The molecule has 0 saturated carbocycles. The van der Waals surface area contributed by atoms with Crippen LogP contribution in [-0.4, -0.2) is 0 Å². The molecule has 2 nitrogen and oxygen atoms in total. The van der Waals surface area contributed by atoms with Crippen LogP contribution in [0.25, 0.3) is 110 Å². The molecule has 0 aliphatic carbocycles. The lowest BCUT2D eigenvalue weighted by Gasteiger charge is -2.28. The molecule has 13 rings (SSSR count). The first-order valence-electron chi connectivity index (χ1n) is 22.7. The van der Waals surface area contributed by atoms with Gasteiger partial charge in [0.1, 0.15) is 11.2 Å². The first-order valence-corrected chi connectivity index (χ1v) is 22.7. The van der Waals surface area contributed by atoms with Gasteiger partial charge in [-0.2, -0.15) is 0 Å². The molecule has 0 aliphatic heterocycles. The fourth-order valence-corrected chi connectivity index (χ4v) is 10.3. The van der Waals surface area contributed by atoms with E-state index in [2.05, 4.69) is 241 Å².